The number of methoxy groups -OCH3 is 1. The summed E-state index contributed by atoms with van der Waals surface area (Å²) in [6.45, 7) is 9.37. The average Bonchev–Trinajstić information content (AvgIpc) is 2.64. The summed E-state index contributed by atoms with van der Waals surface area (Å²) in [5.41, 5.74) is 1.96. The lowest BCUT2D eigenvalue weighted by molar-refractivity contribution is 0.0864. The first-order valence-electron chi connectivity index (χ1n) is 10.3. The fraction of sp³-hybridized carbons (Fsp3) is 0.480. The minimum absolute atomic E-state index is 0.0648. The van der Waals surface area contributed by atoms with Gasteiger partial charge in [0.05, 0.1) is 7.11 Å². The van der Waals surface area contributed by atoms with E-state index in [0.717, 1.165) is 35.5 Å². The van der Waals surface area contributed by atoms with E-state index in [9.17, 15) is 4.79 Å². The Morgan fingerprint density at radius 3 is 2.03 bits per heavy atom. The molecule has 1 heterocycles. The maximum Gasteiger partial charge on any atom is 0.163 e. The predicted octanol–water partition coefficient (Wildman–Crippen LogP) is 5.40. The molecule has 29 heavy (non-hydrogen) atoms. The molecule has 0 saturated carbocycles. The molecule has 0 radical (unpaired) electrons. The van der Waals surface area contributed by atoms with Crippen LogP contribution in [0.15, 0.2) is 48.5 Å². The molecule has 0 unspecified atom stereocenters. The molecule has 0 atom stereocenters. The SMILES string of the molecule is COc1ccc(OCc2ccc(C(=O)CC3CC(C)(C)NC(C)(C)C3)cc2)cc1. The van der Waals surface area contributed by atoms with Crippen LogP contribution in [0.2, 0.25) is 0 Å². The zero-order chi connectivity index (χ0) is 21.1. The van der Waals surface area contributed by atoms with E-state index >= 15 is 0 Å². The summed E-state index contributed by atoms with van der Waals surface area (Å²) in [5, 5.41) is 3.68. The van der Waals surface area contributed by atoms with Crippen molar-refractivity contribution in [1.82, 2.24) is 5.32 Å². The molecule has 0 amide bonds. The highest BCUT2D eigenvalue weighted by Crippen LogP contribution is 2.35. The number of rotatable bonds is 7. The van der Waals surface area contributed by atoms with E-state index in [-0.39, 0.29) is 16.9 Å². The molecular formula is C25H33NO3. The number of piperidine rings is 1. The van der Waals surface area contributed by atoms with Gasteiger partial charge in [-0.05, 0) is 76.3 Å². The Hall–Kier alpha value is -2.33. The number of carbonyl (C=O) groups excluding carboxylic acids is 1. The maximum atomic E-state index is 12.8. The summed E-state index contributed by atoms with van der Waals surface area (Å²) < 4.78 is 11.0. The second-order valence-electron chi connectivity index (χ2n) is 9.46. The molecule has 1 saturated heterocycles. The minimum Gasteiger partial charge on any atom is -0.497 e. The van der Waals surface area contributed by atoms with Crippen LogP contribution in [-0.2, 0) is 6.61 Å². The number of hydrogen-bond acceptors (Lipinski definition) is 4. The first-order valence-corrected chi connectivity index (χ1v) is 10.3. The van der Waals surface area contributed by atoms with Crippen LogP contribution in [0.4, 0.5) is 0 Å². The van der Waals surface area contributed by atoms with Gasteiger partial charge >= 0.3 is 0 Å². The summed E-state index contributed by atoms with van der Waals surface area (Å²) in [4.78, 5) is 12.8. The van der Waals surface area contributed by atoms with Gasteiger partial charge in [0.15, 0.2) is 5.78 Å². The molecule has 3 rings (SSSR count). The van der Waals surface area contributed by atoms with Gasteiger partial charge in [0.2, 0.25) is 0 Å². The molecule has 0 bridgehead atoms. The number of hydrogen-bond donors (Lipinski definition) is 1. The van der Waals surface area contributed by atoms with Crippen LogP contribution < -0.4 is 14.8 Å². The van der Waals surface area contributed by atoms with Gasteiger partial charge in [-0.2, -0.15) is 0 Å². The van der Waals surface area contributed by atoms with E-state index in [4.69, 9.17) is 9.47 Å². The molecule has 4 heteroatoms. The molecular weight excluding hydrogens is 362 g/mol. The molecule has 1 fully saturated rings. The van der Waals surface area contributed by atoms with Crippen molar-refractivity contribution in [3.63, 3.8) is 0 Å². The van der Waals surface area contributed by atoms with Crippen LogP contribution in [0, 0.1) is 5.92 Å². The lowest BCUT2D eigenvalue weighted by Crippen LogP contribution is -2.57. The second-order valence-corrected chi connectivity index (χ2v) is 9.46. The van der Waals surface area contributed by atoms with Crippen LogP contribution in [0.25, 0.3) is 0 Å². The van der Waals surface area contributed by atoms with E-state index < -0.39 is 0 Å². The third-order valence-corrected chi connectivity index (χ3v) is 5.49. The predicted molar refractivity (Wildman–Crippen MR) is 117 cm³/mol. The topological polar surface area (TPSA) is 47.6 Å². The van der Waals surface area contributed by atoms with Crippen molar-refractivity contribution in [2.75, 3.05) is 7.11 Å². The van der Waals surface area contributed by atoms with Crippen molar-refractivity contribution in [1.29, 1.82) is 0 Å². The Morgan fingerprint density at radius 2 is 1.48 bits per heavy atom. The van der Waals surface area contributed by atoms with Crippen LogP contribution >= 0.6 is 0 Å². The fourth-order valence-corrected chi connectivity index (χ4v) is 4.68. The lowest BCUT2D eigenvalue weighted by atomic mass is 9.74. The highest BCUT2D eigenvalue weighted by Gasteiger charge is 2.38. The Bertz CT molecular complexity index is 806. The normalized spacial score (nSPS) is 18.2. The van der Waals surface area contributed by atoms with Crippen molar-refractivity contribution >= 4 is 5.78 Å². The second kappa shape index (κ2) is 8.58. The Labute approximate surface area is 174 Å². The molecule has 1 aliphatic heterocycles. The van der Waals surface area contributed by atoms with Crippen molar-refractivity contribution in [3.05, 3.63) is 59.7 Å². The number of ketones is 1. The van der Waals surface area contributed by atoms with E-state index in [1.54, 1.807) is 7.11 Å². The lowest BCUT2D eigenvalue weighted by Gasteiger charge is -2.46. The summed E-state index contributed by atoms with van der Waals surface area (Å²) in [7, 11) is 1.64. The van der Waals surface area contributed by atoms with Gasteiger partial charge in [0.1, 0.15) is 18.1 Å². The first kappa shape index (κ1) is 21.4. The number of benzene rings is 2. The molecule has 0 aliphatic carbocycles. The number of nitrogens with one attached hydrogen (secondary N) is 1. The van der Waals surface area contributed by atoms with Crippen molar-refractivity contribution in [3.8, 4) is 11.5 Å². The Morgan fingerprint density at radius 1 is 0.931 bits per heavy atom. The van der Waals surface area contributed by atoms with Crippen LogP contribution in [0.5, 0.6) is 11.5 Å². The third kappa shape index (κ3) is 6.07. The van der Waals surface area contributed by atoms with Crippen molar-refractivity contribution in [2.45, 2.75) is 64.6 Å². The molecule has 2 aromatic carbocycles. The first-order chi connectivity index (χ1) is 13.7. The van der Waals surface area contributed by atoms with Crippen molar-refractivity contribution < 1.29 is 14.3 Å². The standard InChI is InChI=1S/C25H33NO3/c1-24(2)15-19(16-25(3,4)26-24)14-23(27)20-8-6-18(7-9-20)17-29-22-12-10-21(28-5)11-13-22/h6-13,19,26H,14-17H2,1-5H3. The van der Waals surface area contributed by atoms with Crippen LogP contribution in [0.3, 0.4) is 0 Å². The Kier molecular flexibility index (Phi) is 6.33. The smallest absolute Gasteiger partial charge is 0.163 e. The largest absolute Gasteiger partial charge is 0.497 e. The monoisotopic (exact) mass is 395 g/mol. The van der Waals surface area contributed by atoms with Crippen LogP contribution in [0.1, 0.15) is 62.9 Å². The van der Waals surface area contributed by atoms with Gasteiger partial charge in [-0.3, -0.25) is 4.79 Å². The average molecular weight is 396 g/mol. The molecule has 1 N–H and O–H groups in total. The summed E-state index contributed by atoms with van der Waals surface area (Å²) in [6, 6.07) is 15.3. The van der Waals surface area contributed by atoms with Gasteiger partial charge in [0, 0.05) is 23.1 Å². The van der Waals surface area contributed by atoms with Crippen LogP contribution in [-0.4, -0.2) is 24.0 Å². The van der Waals surface area contributed by atoms with Gasteiger partial charge in [0.25, 0.3) is 0 Å². The van der Waals surface area contributed by atoms with E-state index in [0.29, 0.717) is 18.9 Å². The Balaban J connectivity index is 1.55. The fourth-order valence-electron chi connectivity index (χ4n) is 4.68. The number of Topliss-reactive ketones (excluding diaryl/α,β-unsaturated/α-hetero) is 1. The van der Waals surface area contributed by atoms with Gasteiger partial charge in [-0.15, -0.1) is 0 Å². The quantitative estimate of drug-likeness (QED) is 0.637. The molecule has 1 aliphatic rings. The minimum atomic E-state index is 0.0648. The van der Waals surface area contributed by atoms with Gasteiger partial charge in [-0.25, -0.2) is 0 Å². The molecule has 156 valence electrons. The summed E-state index contributed by atoms with van der Waals surface area (Å²) >= 11 is 0. The van der Waals surface area contributed by atoms with Crippen molar-refractivity contribution in [2.24, 2.45) is 5.92 Å². The summed E-state index contributed by atoms with van der Waals surface area (Å²) in [5.74, 6) is 2.24. The van der Waals surface area contributed by atoms with Gasteiger partial charge < -0.3 is 14.8 Å². The number of carbonyl (C=O) groups is 1. The molecule has 4 nitrogen and oxygen atoms in total. The number of ether oxygens (including phenoxy) is 2. The molecule has 2 aromatic rings. The third-order valence-electron chi connectivity index (χ3n) is 5.49. The molecule has 0 aromatic heterocycles. The maximum absolute atomic E-state index is 12.8. The highest BCUT2D eigenvalue weighted by molar-refractivity contribution is 5.96. The zero-order valence-corrected chi connectivity index (χ0v) is 18.2. The molecule has 0 spiro atoms. The van der Waals surface area contributed by atoms with E-state index in [1.807, 2.05) is 48.5 Å². The van der Waals surface area contributed by atoms with E-state index in [1.165, 1.54) is 0 Å². The van der Waals surface area contributed by atoms with Gasteiger partial charge in [-0.1, -0.05) is 24.3 Å². The summed E-state index contributed by atoms with van der Waals surface area (Å²) in [6.07, 6.45) is 2.65. The zero-order valence-electron chi connectivity index (χ0n) is 18.2. The highest BCUT2D eigenvalue weighted by atomic mass is 16.5. The van der Waals surface area contributed by atoms with E-state index in [2.05, 4.69) is 33.0 Å².